The Balaban J connectivity index is 0.795. The number of para-hydroxylation sites is 2. The molecule has 0 atom stereocenters. The van der Waals surface area contributed by atoms with E-state index in [0.717, 1.165) is 101 Å². The van der Waals surface area contributed by atoms with E-state index in [9.17, 15) is 0 Å². The van der Waals surface area contributed by atoms with Crippen LogP contribution in [0, 0.1) is 0 Å². The molecule has 0 aliphatic rings. The zero-order chi connectivity index (χ0) is 54.3. The fourth-order valence-electron chi connectivity index (χ4n) is 11.9. The number of benzene rings is 11. The van der Waals surface area contributed by atoms with Crippen LogP contribution in [0.3, 0.4) is 0 Å². The van der Waals surface area contributed by atoms with Crippen LogP contribution in [0.25, 0.3) is 99.5 Å². The lowest BCUT2D eigenvalue weighted by Gasteiger charge is -2.29. The zero-order valence-corrected chi connectivity index (χ0v) is 44.7. The zero-order valence-electron chi connectivity index (χ0n) is 44.7. The molecule has 4 aromatic heterocycles. The van der Waals surface area contributed by atoms with Gasteiger partial charge in [-0.2, -0.15) is 0 Å². The van der Waals surface area contributed by atoms with E-state index in [-0.39, 0.29) is 0 Å². The third-order valence-corrected chi connectivity index (χ3v) is 15.9. The van der Waals surface area contributed by atoms with Crippen molar-refractivity contribution in [2.24, 2.45) is 0 Å². The summed E-state index contributed by atoms with van der Waals surface area (Å²) in [4.78, 5) is 13.8. The summed E-state index contributed by atoms with van der Waals surface area (Å²) >= 11 is 0. The Kier molecular flexibility index (Phi) is 12.1. The van der Waals surface area contributed by atoms with Gasteiger partial charge in [0.25, 0.3) is 0 Å². The molecule has 0 fully saturated rings. The highest BCUT2D eigenvalue weighted by molar-refractivity contribution is 6.11. The molecule has 0 aliphatic carbocycles. The van der Waals surface area contributed by atoms with Gasteiger partial charge in [0.05, 0.1) is 22.1 Å². The summed E-state index contributed by atoms with van der Waals surface area (Å²) in [5, 5.41) is 4.60. The summed E-state index contributed by atoms with van der Waals surface area (Å²) in [5.41, 5.74) is 22.4. The molecule has 0 saturated heterocycles. The first kappa shape index (κ1) is 48.1. The van der Waals surface area contributed by atoms with Gasteiger partial charge in [-0.1, -0.05) is 158 Å². The fraction of sp³-hybridized carbons (Fsp3) is 0. The molecule has 0 aliphatic heterocycles. The van der Waals surface area contributed by atoms with E-state index in [1.807, 2.05) is 24.8 Å². The standard InChI is InChI=1S/C76H52N6/c1-5-13-53(14-6-1)55-21-31-63(32-22-55)79(65-35-25-57(26-36-65)59-29-43-73-69(49-59)71-51-77-47-45-75(71)81(73)61-17-9-3-10-18-61)67-39-41-68(42-40-67)80(64-33-23-56(24-34-64)54-15-7-2-8-16-54)66-37-27-58(28-38-66)60-30-44-74-70(50-60)72-52-78-48-46-76(72)82(74)62-19-11-4-12-20-62/h1-52H. The van der Waals surface area contributed by atoms with Gasteiger partial charge in [-0.3, -0.25) is 9.97 Å². The summed E-state index contributed by atoms with van der Waals surface area (Å²) in [6, 6.07) is 105. The molecule has 386 valence electrons. The Hall–Kier alpha value is -11.1. The van der Waals surface area contributed by atoms with E-state index < -0.39 is 0 Å². The van der Waals surface area contributed by atoms with Crippen molar-refractivity contribution >= 4 is 77.7 Å². The average molecular weight is 1050 g/mol. The number of nitrogens with zero attached hydrogens (tertiary/aromatic N) is 6. The molecule has 6 nitrogen and oxygen atoms in total. The van der Waals surface area contributed by atoms with Crippen molar-refractivity contribution < 1.29 is 0 Å². The van der Waals surface area contributed by atoms with Gasteiger partial charge in [0, 0.05) is 91.8 Å². The number of anilines is 6. The van der Waals surface area contributed by atoms with Crippen LogP contribution in [-0.4, -0.2) is 19.1 Å². The van der Waals surface area contributed by atoms with Crippen LogP contribution < -0.4 is 9.80 Å². The van der Waals surface area contributed by atoms with Crippen molar-refractivity contribution in [2.75, 3.05) is 9.80 Å². The Morgan fingerprint density at radius 3 is 0.805 bits per heavy atom. The lowest BCUT2D eigenvalue weighted by molar-refractivity contribution is 1.17. The van der Waals surface area contributed by atoms with Gasteiger partial charge >= 0.3 is 0 Å². The second-order valence-electron chi connectivity index (χ2n) is 20.7. The maximum atomic E-state index is 4.55. The topological polar surface area (TPSA) is 42.1 Å². The number of aromatic nitrogens is 4. The van der Waals surface area contributed by atoms with Gasteiger partial charge in [0.1, 0.15) is 0 Å². The minimum Gasteiger partial charge on any atom is -0.311 e. The van der Waals surface area contributed by atoms with Crippen molar-refractivity contribution in [3.63, 3.8) is 0 Å². The Morgan fingerprint density at radius 2 is 0.476 bits per heavy atom. The molecule has 15 rings (SSSR count). The van der Waals surface area contributed by atoms with Crippen LogP contribution in [0.1, 0.15) is 0 Å². The molecule has 0 spiro atoms. The predicted molar refractivity (Wildman–Crippen MR) is 342 cm³/mol. The van der Waals surface area contributed by atoms with E-state index in [1.54, 1.807) is 0 Å². The highest BCUT2D eigenvalue weighted by Crippen LogP contribution is 2.43. The minimum absolute atomic E-state index is 1.04. The number of hydrogen-bond donors (Lipinski definition) is 0. The van der Waals surface area contributed by atoms with E-state index in [2.05, 4.69) is 320 Å². The van der Waals surface area contributed by atoms with Crippen molar-refractivity contribution in [3.8, 4) is 55.9 Å². The van der Waals surface area contributed by atoms with Crippen LogP contribution >= 0.6 is 0 Å². The molecule has 0 bridgehead atoms. The Bertz CT molecular complexity index is 4420. The van der Waals surface area contributed by atoms with Gasteiger partial charge in [-0.25, -0.2) is 0 Å². The molecule has 11 aromatic carbocycles. The normalized spacial score (nSPS) is 11.4. The molecule has 0 amide bonds. The maximum Gasteiger partial charge on any atom is 0.0571 e. The first-order valence-corrected chi connectivity index (χ1v) is 27.8. The maximum absolute atomic E-state index is 4.55. The highest BCUT2D eigenvalue weighted by Gasteiger charge is 2.20. The van der Waals surface area contributed by atoms with E-state index >= 15 is 0 Å². The van der Waals surface area contributed by atoms with Crippen molar-refractivity contribution in [2.45, 2.75) is 0 Å². The quantitative estimate of drug-likeness (QED) is 0.122. The smallest absolute Gasteiger partial charge is 0.0571 e. The summed E-state index contributed by atoms with van der Waals surface area (Å²) in [5.74, 6) is 0. The highest BCUT2D eigenvalue weighted by atomic mass is 15.2. The molecule has 0 saturated carbocycles. The summed E-state index contributed by atoms with van der Waals surface area (Å²) in [6.07, 6.45) is 7.73. The fourth-order valence-corrected chi connectivity index (χ4v) is 11.9. The van der Waals surface area contributed by atoms with Crippen molar-refractivity contribution in [1.29, 1.82) is 0 Å². The lowest BCUT2D eigenvalue weighted by atomic mass is 10.0. The van der Waals surface area contributed by atoms with Gasteiger partial charge in [0.15, 0.2) is 0 Å². The largest absolute Gasteiger partial charge is 0.311 e. The van der Waals surface area contributed by atoms with Crippen molar-refractivity contribution in [3.05, 3.63) is 316 Å². The number of hydrogen-bond acceptors (Lipinski definition) is 4. The van der Waals surface area contributed by atoms with Crippen LogP contribution in [-0.2, 0) is 0 Å². The average Bonchev–Trinajstić information content (AvgIpc) is 4.24. The van der Waals surface area contributed by atoms with Crippen LogP contribution in [0.4, 0.5) is 34.1 Å². The molecule has 6 heteroatoms. The van der Waals surface area contributed by atoms with Gasteiger partial charge in [-0.05, 0) is 178 Å². The summed E-state index contributed by atoms with van der Waals surface area (Å²) < 4.78 is 4.66. The number of fused-ring (bicyclic) bond motifs is 6. The molecule has 0 N–H and O–H groups in total. The van der Waals surface area contributed by atoms with E-state index in [4.69, 9.17) is 0 Å². The minimum atomic E-state index is 1.04. The Labute approximate surface area is 476 Å². The number of pyridine rings is 2. The monoisotopic (exact) mass is 1050 g/mol. The van der Waals surface area contributed by atoms with Crippen LogP contribution in [0.15, 0.2) is 316 Å². The second kappa shape index (κ2) is 20.6. The summed E-state index contributed by atoms with van der Waals surface area (Å²) in [7, 11) is 0. The lowest BCUT2D eigenvalue weighted by Crippen LogP contribution is -2.12. The predicted octanol–water partition coefficient (Wildman–Crippen LogP) is 20.3. The first-order valence-electron chi connectivity index (χ1n) is 27.8. The van der Waals surface area contributed by atoms with Crippen LogP contribution in [0.2, 0.25) is 0 Å². The van der Waals surface area contributed by atoms with Crippen LogP contribution in [0.5, 0.6) is 0 Å². The second-order valence-corrected chi connectivity index (χ2v) is 20.7. The molecule has 0 radical (unpaired) electrons. The van der Waals surface area contributed by atoms with Gasteiger partial charge in [-0.15, -0.1) is 0 Å². The molecule has 4 heterocycles. The molecule has 0 unspecified atom stereocenters. The third-order valence-electron chi connectivity index (χ3n) is 15.9. The van der Waals surface area contributed by atoms with Crippen molar-refractivity contribution in [1.82, 2.24) is 19.1 Å². The molecule has 15 aromatic rings. The first-order chi connectivity index (χ1) is 40.7. The summed E-state index contributed by atoms with van der Waals surface area (Å²) in [6.45, 7) is 0. The molecular weight excluding hydrogens is 997 g/mol. The van der Waals surface area contributed by atoms with Gasteiger partial charge in [0.2, 0.25) is 0 Å². The van der Waals surface area contributed by atoms with E-state index in [1.165, 1.54) is 33.0 Å². The SMILES string of the molecule is c1ccc(-c2ccc(N(c3ccc(-c4ccc5c(c4)c4cnccc4n5-c4ccccc4)cc3)c3ccc(N(c4ccc(-c5ccccc5)cc4)c4ccc(-c5ccc6c(c5)c5cnccc5n6-c5ccccc5)cc4)cc3)cc2)cc1. The number of rotatable bonds is 12. The van der Waals surface area contributed by atoms with E-state index in [0.29, 0.717) is 0 Å². The molecule has 82 heavy (non-hydrogen) atoms. The molecular formula is C76H52N6. The Morgan fingerprint density at radius 1 is 0.220 bits per heavy atom. The third kappa shape index (κ3) is 8.72. The van der Waals surface area contributed by atoms with Gasteiger partial charge < -0.3 is 18.9 Å².